The van der Waals surface area contributed by atoms with E-state index >= 15 is 0 Å². The van der Waals surface area contributed by atoms with Crippen molar-refractivity contribution >= 4 is 17.7 Å². The average Bonchev–Trinajstić information content (AvgIpc) is 2.81. The van der Waals surface area contributed by atoms with Gasteiger partial charge in [0, 0.05) is 5.69 Å². The number of ether oxygens (including phenoxy) is 2. The Morgan fingerprint density at radius 1 is 0.970 bits per heavy atom. The zero-order chi connectivity index (χ0) is 24.0. The number of rotatable bonds is 7. The minimum atomic E-state index is -0.458. The lowest BCUT2D eigenvalue weighted by Gasteiger charge is -2.13. The number of carbonyl (C=O) groups excluding carboxylic acids is 1. The first-order valence-corrected chi connectivity index (χ1v) is 10.7. The Morgan fingerprint density at radius 2 is 1.76 bits per heavy atom. The zero-order valence-electron chi connectivity index (χ0n) is 19.7. The van der Waals surface area contributed by atoms with Gasteiger partial charge in [0.2, 0.25) is 0 Å². The molecule has 0 aromatic heterocycles. The molecule has 0 heterocycles. The maximum absolute atomic E-state index is 12.7. The van der Waals surface area contributed by atoms with Crippen LogP contribution in [0.25, 0.3) is 6.08 Å². The number of anilines is 1. The Morgan fingerprint density at radius 3 is 2.45 bits per heavy atom. The third-order valence-corrected chi connectivity index (χ3v) is 5.68. The Bertz CT molecular complexity index is 1250. The van der Waals surface area contributed by atoms with E-state index < -0.39 is 5.91 Å². The molecular formula is C28H28N2O3. The number of aryl methyl sites for hydroxylation is 3. The van der Waals surface area contributed by atoms with Gasteiger partial charge in [0.1, 0.15) is 18.2 Å². The number of nitrogens with zero attached hydrogens (tertiary/aromatic N) is 1. The van der Waals surface area contributed by atoms with Crippen LogP contribution < -0.4 is 14.8 Å². The van der Waals surface area contributed by atoms with Crippen LogP contribution in [0.1, 0.15) is 33.4 Å². The molecule has 1 N–H and O–H groups in total. The van der Waals surface area contributed by atoms with Crippen molar-refractivity contribution in [3.8, 4) is 17.6 Å². The first-order valence-electron chi connectivity index (χ1n) is 10.7. The number of nitriles is 1. The second-order valence-corrected chi connectivity index (χ2v) is 7.99. The summed E-state index contributed by atoms with van der Waals surface area (Å²) < 4.78 is 11.4. The number of carbonyl (C=O) groups is 1. The Kier molecular flexibility index (Phi) is 7.53. The molecule has 5 nitrogen and oxygen atoms in total. The zero-order valence-corrected chi connectivity index (χ0v) is 19.7. The molecule has 0 radical (unpaired) electrons. The van der Waals surface area contributed by atoms with Gasteiger partial charge in [-0.25, -0.2) is 0 Å². The molecule has 0 fully saturated rings. The van der Waals surface area contributed by atoms with E-state index in [-0.39, 0.29) is 5.57 Å². The van der Waals surface area contributed by atoms with Crippen molar-refractivity contribution in [1.29, 1.82) is 5.26 Å². The molecule has 0 aliphatic rings. The fraction of sp³-hybridized carbons (Fsp3) is 0.214. The molecule has 0 saturated carbocycles. The molecule has 0 aliphatic carbocycles. The molecule has 5 heteroatoms. The van der Waals surface area contributed by atoms with Crippen molar-refractivity contribution < 1.29 is 14.3 Å². The van der Waals surface area contributed by atoms with Crippen LogP contribution in [0.4, 0.5) is 5.69 Å². The molecule has 1 amide bonds. The van der Waals surface area contributed by atoms with Crippen molar-refractivity contribution in [2.45, 2.75) is 34.3 Å². The lowest BCUT2D eigenvalue weighted by molar-refractivity contribution is -0.112. The lowest BCUT2D eigenvalue weighted by Crippen LogP contribution is -2.14. The maximum atomic E-state index is 12.7. The van der Waals surface area contributed by atoms with Gasteiger partial charge in [-0.3, -0.25) is 4.79 Å². The minimum Gasteiger partial charge on any atom is -0.493 e. The van der Waals surface area contributed by atoms with Crippen LogP contribution in [0, 0.1) is 39.0 Å². The molecule has 0 saturated heterocycles. The van der Waals surface area contributed by atoms with Gasteiger partial charge >= 0.3 is 0 Å². The molecule has 3 aromatic rings. The normalized spacial score (nSPS) is 11.0. The predicted octanol–water partition coefficient (Wildman–Crippen LogP) is 6.05. The van der Waals surface area contributed by atoms with Crippen molar-refractivity contribution in [1.82, 2.24) is 0 Å². The summed E-state index contributed by atoms with van der Waals surface area (Å²) in [5.41, 5.74) is 6.91. The number of hydrogen-bond acceptors (Lipinski definition) is 4. The van der Waals surface area contributed by atoms with Crippen molar-refractivity contribution in [3.05, 3.63) is 93.6 Å². The summed E-state index contributed by atoms with van der Waals surface area (Å²) >= 11 is 0. The molecule has 0 unspecified atom stereocenters. The van der Waals surface area contributed by atoms with E-state index in [9.17, 15) is 10.1 Å². The van der Waals surface area contributed by atoms with E-state index in [1.165, 1.54) is 17.2 Å². The van der Waals surface area contributed by atoms with E-state index in [4.69, 9.17) is 9.47 Å². The lowest BCUT2D eigenvalue weighted by atomic mass is 10.1. The molecule has 3 aromatic carbocycles. The Hall–Kier alpha value is -4.04. The summed E-state index contributed by atoms with van der Waals surface area (Å²) in [7, 11) is 1.56. The summed E-state index contributed by atoms with van der Waals surface area (Å²) in [6.07, 6.45) is 1.54. The molecule has 0 atom stereocenters. The van der Waals surface area contributed by atoms with Crippen LogP contribution in [0.2, 0.25) is 0 Å². The van der Waals surface area contributed by atoms with E-state index in [1.54, 1.807) is 25.3 Å². The summed E-state index contributed by atoms with van der Waals surface area (Å²) in [4.78, 5) is 12.7. The van der Waals surface area contributed by atoms with Gasteiger partial charge in [-0.1, -0.05) is 36.4 Å². The minimum absolute atomic E-state index is 0.00163. The highest BCUT2D eigenvalue weighted by molar-refractivity contribution is 6.10. The molecule has 0 aliphatic heterocycles. The maximum Gasteiger partial charge on any atom is 0.266 e. The molecule has 168 valence electrons. The largest absolute Gasteiger partial charge is 0.493 e. The summed E-state index contributed by atoms with van der Waals surface area (Å²) in [5.74, 6) is 0.659. The molecule has 0 spiro atoms. The van der Waals surface area contributed by atoms with Gasteiger partial charge in [-0.05, 0) is 85.4 Å². The van der Waals surface area contributed by atoms with Gasteiger partial charge in [0.15, 0.2) is 11.5 Å². The van der Waals surface area contributed by atoms with Gasteiger partial charge in [-0.15, -0.1) is 0 Å². The first kappa shape index (κ1) is 23.6. The summed E-state index contributed by atoms with van der Waals surface area (Å²) in [6.45, 7) is 8.47. The monoisotopic (exact) mass is 440 g/mol. The van der Waals surface area contributed by atoms with Crippen LogP contribution in [0.5, 0.6) is 11.5 Å². The Balaban J connectivity index is 1.77. The average molecular weight is 441 g/mol. The van der Waals surface area contributed by atoms with Crippen molar-refractivity contribution in [2.75, 3.05) is 12.4 Å². The van der Waals surface area contributed by atoms with Crippen LogP contribution >= 0.6 is 0 Å². The number of amides is 1. The van der Waals surface area contributed by atoms with Crippen molar-refractivity contribution in [2.24, 2.45) is 0 Å². The second kappa shape index (κ2) is 10.5. The second-order valence-electron chi connectivity index (χ2n) is 7.99. The predicted molar refractivity (Wildman–Crippen MR) is 131 cm³/mol. The number of nitrogens with one attached hydrogen (secondary N) is 1. The van der Waals surface area contributed by atoms with Gasteiger partial charge < -0.3 is 14.8 Å². The van der Waals surface area contributed by atoms with E-state index in [2.05, 4.69) is 31.3 Å². The van der Waals surface area contributed by atoms with Gasteiger partial charge in [-0.2, -0.15) is 5.26 Å². The molecule has 33 heavy (non-hydrogen) atoms. The van der Waals surface area contributed by atoms with Crippen LogP contribution in [-0.2, 0) is 11.4 Å². The van der Waals surface area contributed by atoms with Crippen LogP contribution in [-0.4, -0.2) is 13.0 Å². The smallest absolute Gasteiger partial charge is 0.266 e. The quantitative estimate of drug-likeness (QED) is 0.358. The number of hydrogen-bond donors (Lipinski definition) is 1. The van der Waals surface area contributed by atoms with Gasteiger partial charge in [0.25, 0.3) is 5.91 Å². The molecule has 3 rings (SSSR count). The van der Waals surface area contributed by atoms with Crippen LogP contribution in [0.3, 0.4) is 0 Å². The highest BCUT2D eigenvalue weighted by Gasteiger charge is 2.13. The summed E-state index contributed by atoms with van der Waals surface area (Å²) in [5, 5.41) is 12.4. The van der Waals surface area contributed by atoms with Crippen LogP contribution in [0.15, 0.2) is 60.2 Å². The fourth-order valence-electron chi connectivity index (χ4n) is 3.34. The SMILES string of the molecule is COc1cc(/C=C(\C#N)C(=O)Nc2cccc(C)c2C)ccc1OCc1ccc(C)c(C)c1. The third-order valence-electron chi connectivity index (χ3n) is 5.68. The first-order chi connectivity index (χ1) is 15.8. The third kappa shape index (κ3) is 5.81. The highest BCUT2D eigenvalue weighted by Crippen LogP contribution is 2.30. The molecule has 0 bridgehead atoms. The highest BCUT2D eigenvalue weighted by atomic mass is 16.5. The Labute approximate surface area is 195 Å². The fourth-order valence-corrected chi connectivity index (χ4v) is 3.34. The topological polar surface area (TPSA) is 71.3 Å². The van der Waals surface area contributed by atoms with E-state index in [0.717, 1.165) is 16.7 Å². The molecular weight excluding hydrogens is 412 g/mol. The standard InChI is InChI=1S/C28H28N2O3/c1-18-9-10-23(13-20(18)3)17-33-26-12-11-22(15-27(26)32-5)14-24(16-29)28(31)30-25-8-6-7-19(2)21(25)4/h6-15H,17H2,1-5H3,(H,30,31)/b24-14+. The number of benzene rings is 3. The van der Waals surface area contributed by atoms with Gasteiger partial charge in [0.05, 0.1) is 7.11 Å². The van der Waals surface area contributed by atoms with Crippen molar-refractivity contribution in [3.63, 3.8) is 0 Å². The van der Waals surface area contributed by atoms with E-state index in [0.29, 0.717) is 29.4 Å². The summed E-state index contributed by atoms with van der Waals surface area (Å²) in [6, 6.07) is 19.2. The van der Waals surface area contributed by atoms with E-state index in [1.807, 2.05) is 44.2 Å². The number of methoxy groups -OCH3 is 1.